The number of benzene rings is 1. The third-order valence-electron chi connectivity index (χ3n) is 4.76. The van der Waals surface area contributed by atoms with Crippen LogP contribution in [0.25, 0.3) is 0 Å². The molecule has 26 heavy (non-hydrogen) atoms. The summed E-state index contributed by atoms with van der Waals surface area (Å²) in [6.45, 7) is 9.88. The predicted octanol–water partition coefficient (Wildman–Crippen LogP) is 2.88. The summed E-state index contributed by atoms with van der Waals surface area (Å²) in [4.78, 5) is 28.3. The van der Waals surface area contributed by atoms with Gasteiger partial charge < -0.3 is 19.9 Å². The Bertz CT molecular complexity index is 582. The monoisotopic (exact) mass is 361 g/mol. The number of rotatable bonds is 7. The van der Waals surface area contributed by atoms with Crippen LogP contribution in [0.15, 0.2) is 24.3 Å². The van der Waals surface area contributed by atoms with Gasteiger partial charge in [-0.15, -0.1) is 0 Å². The highest BCUT2D eigenvalue weighted by Crippen LogP contribution is 2.13. The van der Waals surface area contributed by atoms with Crippen molar-refractivity contribution in [2.45, 2.75) is 46.3 Å². The van der Waals surface area contributed by atoms with Crippen molar-refractivity contribution in [3.05, 3.63) is 35.4 Å². The topological polar surface area (TPSA) is 61.9 Å². The highest BCUT2D eigenvalue weighted by molar-refractivity contribution is 5.94. The first-order chi connectivity index (χ1) is 12.6. The quantitative estimate of drug-likeness (QED) is 0.812. The van der Waals surface area contributed by atoms with Gasteiger partial charge in [-0.25, -0.2) is 4.79 Å². The van der Waals surface area contributed by atoms with E-state index in [9.17, 15) is 9.59 Å². The van der Waals surface area contributed by atoms with E-state index < -0.39 is 0 Å². The zero-order chi connectivity index (χ0) is 18.9. The minimum atomic E-state index is -0.0577. The van der Waals surface area contributed by atoms with Crippen molar-refractivity contribution in [1.29, 1.82) is 0 Å². The third-order valence-corrected chi connectivity index (χ3v) is 4.76. The van der Waals surface area contributed by atoms with Gasteiger partial charge in [0.2, 0.25) is 0 Å². The van der Waals surface area contributed by atoms with E-state index in [-0.39, 0.29) is 18.0 Å². The summed E-state index contributed by atoms with van der Waals surface area (Å²) in [6.07, 6.45) is 2.13. The molecule has 0 radical (unpaired) electrons. The lowest BCUT2D eigenvalue weighted by atomic mass is 10.1. The third kappa shape index (κ3) is 5.46. The molecule has 1 N–H and O–H groups in total. The van der Waals surface area contributed by atoms with Gasteiger partial charge in [-0.2, -0.15) is 0 Å². The molecule has 1 atom stereocenters. The average Bonchev–Trinajstić information content (AvgIpc) is 2.68. The number of likely N-dealkylation sites (tertiary alicyclic amines) is 1. The number of ether oxygens (including phenoxy) is 1. The molecule has 0 bridgehead atoms. The number of carbonyl (C=O) groups is 2. The maximum Gasteiger partial charge on any atom is 0.317 e. The summed E-state index contributed by atoms with van der Waals surface area (Å²) < 4.78 is 5.64. The Morgan fingerprint density at radius 3 is 2.50 bits per heavy atom. The first kappa shape index (κ1) is 20.2. The van der Waals surface area contributed by atoms with E-state index in [1.165, 1.54) is 0 Å². The highest BCUT2D eigenvalue weighted by Gasteiger charge is 2.23. The van der Waals surface area contributed by atoms with Crippen LogP contribution in [0.5, 0.6) is 0 Å². The summed E-state index contributed by atoms with van der Waals surface area (Å²) in [6, 6.07) is 7.40. The second-order valence-electron chi connectivity index (χ2n) is 6.50. The zero-order valence-electron chi connectivity index (χ0n) is 16.2. The molecule has 6 heteroatoms. The molecule has 1 aromatic carbocycles. The van der Waals surface area contributed by atoms with Gasteiger partial charge >= 0.3 is 6.03 Å². The van der Waals surface area contributed by atoms with Gasteiger partial charge in [0, 0.05) is 44.9 Å². The van der Waals surface area contributed by atoms with Gasteiger partial charge in [0.1, 0.15) is 0 Å². The van der Waals surface area contributed by atoms with Crippen LogP contribution in [0.2, 0.25) is 0 Å². The Balaban J connectivity index is 1.85. The van der Waals surface area contributed by atoms with E-state index in [4.69, 9.17) is 4.74 Å². The van der Waals surface area contributed by atoms with Crippen LogP contribution in [0.4, 0.5) is 4.79 Å². The second kappa shape index (κ2) is 10.2. The molecule has 144 valence electrons. The highest BCUT2D eigenvalue weighted by atomic mass is 16.5. The summed E-state index contributed by atoms with van der Waals surface area (Å²) in [7, 11) is 0. The molecular weight excluding hydrogens is 330 g/mol. The first-order valence-corrected chi connectivity index (χ1v) is 9.61. The molecule has 1 aliphatic rings. The summed E-state index contributed by atoms with van der Waals surface area (Å²) >= 11 is 0. The van der Waals surface area contributed by atoms with E-state index in [1.807, 2.05) is 49.9 Å². The molecule has 1 fully saturated rings. The summed E-state index contributed by atoms with van der Waals surface area (Å²) in [5.74, 6) is 0.0425. The van der Waals surface area contributed by atoms with Gasteiger partial charge in [0.15, 0.2) is 0 Å². The number of piperidine rings is 1. The van der Waals surface area contributed by atoms with Gasteiger partial charge in [-0.05, 0) is 51.3 Å². The molecule has 0 aliphatic carbocycles. The second-order valence-corrected chi connectivity index (χ2v) is 6.50. The van der Waals surface area contributed by atoms with Crippen molar-refractivity contribution in [3.63, 3.8) is 0 Å². The lowest BCUT2D eigenvalue weighted by Gasteiger charge is -2.32. The molecule has 0 aromatic heterocycles. The molecule has 1 heterocycles. The lowest BCUT2D eigenvalue weighted by molar-refractivity contribution is 0.0164. The van der Waals surface area contributed by atoms with Gasteiger partial charge in [0.05, 0.1) is 6.10 Å². The fourth-order valence-corrected chi connectivity index (χ4v) is 3.24. The Morgan fingerprint density at radius 2 is 1.88 bits per heavy atom. The largest absolute Gasteiger partial charge is 0.377 e. The molecule has 0 spiro atoms. The number of carbonyl (C=O) groups excluding carboxylic acids is 2. The van der Waals surface area contributed by atoms with Crippen molar-refractivity contribution in [1.82, 2.24) is 15.1 Å². The molecule has 1 aromatic rings. The van der Waals surface area contributed by atoms with Crippen LogP contribution < -0.4 is 5.32 Å². The van der Waals surface area contributed by atoms with E-state index in [2.05, 4.69) is 5.32 Å². The van der Waals surface area contributed by atoms with Crippen molar-refractivity contribution in [2.75, 3.05) is 32.8 Å². The van der Waals surface area contributed by atoms with Crippen LogP contribution in [0.3, 0.4) is 0 Å². The number of nitrogens with one attached hydrogen (secondary N) is 1. The van der Waals surface area contributed by atoms with E-state index in [0.717, 1.165) is 24.9 Å². The van der Waals surface area contributed by atoms with E-state index in [0.29, 0.717) is 38.3 Å². The predicted molar refractivity (Wildman–Crippen MR) is 102 cm³/mol. The molecule has 3 amide bonds. The fraction of sp³-hybridized carbons (Fsp3) is 0.600. The van der Waals surface area contributed by atoms with Gasteiger partial charge in [-0.1, -0.05) is 12.1 Å². The minimum absolute atomic E-state index is 0.0425. The number of amides is 3. The Labute approximate surface area is 156 Å². The van der Waals surface area contributed by atoms with Crippen molar-refractivity contribution in [2.24, 2.45) is 0 Å². The average molecular weight is 361 g/mol. The normalized spacial score (nSPS) is 17.0. The Morgan fingerprint density at radius 1 is 1.19 bits per heavy atom. The smallest absolute Gasteiger partial charge is 0.317 e. The van der Waals surface area contributed by atoms with Gasteiger partial charge in [-0.3, -0.25) is 4.79 Å². The van der Waals surface area contributed by atoms with Gasteiger partial charge in [0.25, 0.3) is 5.91 Å². The van der Waals surface area contributed by atoms with Crippen LogP contribution in [0, 0.1) is 0 Å². The SMILES string of the molecule is CCOC1CCCN(C(=O)NCc2ccc(C(=O)N(CC)CC)cc2)C1. The molecule has 0 saturated carbocycles. The standard InChI is InChI=1S/C20H31N3O3/c1-4-22(5-2)19(24)17-11-9-16(10-12-17)14-21-20(25)23-13-7-8-18(15-23)26-6-3/h9-12,18H,4-8,13-15H2,1-3H3,(H,21,25). The maximum atomic E-state index is 12.4. The van der Waals surface area contributed by atoms with Crippen LogP contribution in [0.1, 0.15) is 49.5 Å². The Hall–Kier alpha value is -2.08. The number of hydrogen-bond acceptors (Lipinski definition) is 3. The number of urea groups is 1. The molecule has 6 nitrogen and oxygen atoms in total. The maximum absolute atomic E-state index is 12.4. The fourth-order valence-electron chi connectivity index (χ4n) is 3.24. The first-order valence-electron chi connectivity index (χ1n) is 9.61. The molecule has 2 rings (SSSR count). The van der Waals surface area contributed by atoms with Crippen LogP contribution in [-0.4, -0.2) is 60.6 Å². The Kier molecular flexibility index (Phi) is 7.91. The van der Waals surface area contributed by atoms with Crippen molar-refractivity contribution >= 4 is 11.9 Å². The van der Waals surface area contributed by atoms with E-state index in [1.54, 1.807) is 4.90 Å². The molecule has 1 unspecified atom stereocenters. The zero-order valence-corrected chi connectivity index (χ0v) is 16.2. The molecule has 1 aliphatic heterocycles. The van der Waals surface area contributed by atoms with Crippen molar-refractivity contribution < 1.29 is 14.3 Å². The minimum Gasteiger partial charge on any atom is -0.377 e. The molecular formula is C20H31N3O3. The van der Waals surface area contributed by atoms with Crippen molar-refractivity contribution in [3.8, 4) is 0 Å². The van der Waals surface area contributed by atoms with Crippen LogP contribution in [-0.2, 0) is 11.3 Å². The summed E-state index contributed by atoms with van der Waals surface area (Å²) in [5, 5.41) is 2.96. The van der Waals surface area contributed by atoms with E-state index >= 15 is 0 Å². The number of nitrogens with zero attached hydrogens (tertiary/aromatic N) is 2. The number of hydrogen-bond donors (Lipinski definition) is 1. The summed E-state index contributed by atoms with van der Waals surface area (Å²) in [5.41, 5.74) is 1.66. The van der Waals surface area contributed by atoms with Crippen LogP contribution >= 0.6 is 0 Å². The lowest BCUT2D eigenvalue weighted by Crippen LogP contribution is -2.47. The molecule has 1 saturated heterocycles.